The summed E-state index contributed by atoms with van der Waals surface area (Å²) in [6, 6.07) is 15.7. The Kier molecular flexibility index (Phi) is 7.37. The molecule has 0 aromatic heterocycles. The van der Waals surface area contributed by atoms with E-state index >= 15 is 0 Å². The number of para-hydroxylation sites is 1. The van der Waals surface area contributed by atoms with Crippen molar-refractivity contribution < 1.29 is 13.2 Å². The Morgan fingerprint density at radius 1 is 1.11 bits per heavy atom. The van der Waals surface area contributed by atoms with E-state index in [0.717, 1.165) is 5.69 Å². The molecule has 150 valence electrons. The molecule has 0 heterocycles. The molecule has 2 aromatic carbocycles. The molecule has 2 aromatic rings. The minimum atomic E-state index is -3.52. The Hall–Kier alpha value is -2.64. The van der Waals surface area contributed by atoms with Crippen LogP contribution in [-0.4, -0.2) is 44.8 Å². The number of hydrogen-bond acceptors (Lipinski definition) is 4. The molecular weight excluding hydrogens is 374 g/mol. The number of sulfonamides is 1. The summed E-state index contributed by atoms with van der Waals surface area (Å²) in [5.74, 6) is -0.109. The van der Waals surface area contributed by atoms with Crippen LogP contribution >= 0.6 is 0 Å². The highest BCUT2D eigenvalue weighted by Crippen LogP contribution is 2.19. The molecule has 7 heteroatoms. The molecule has 0 spiro atoms. The first-order valence-corrected chi connectivity index (χ1v) is 10.5. The number of carbonyl (C=O) groups is 1. The van der Waals surface area contributed by atoms with Crippen molar-refractivity contribution in [2.75, 3.05) is 30.4 Å². The fourth-order valence-electron chi connectivity index (χ4n) is 2.55. The number of carbonyl (C=O) groups excluding carboxylic acids is 1. The Balaban J connectivity index is 2.06. The summed E-state index contributed by atoms with van der Waals surface area (Å²) in [5.41, 5.74) is 1.47. The van der Waals surface area contributed by atoms with E-state index in [1.54, 1.807) is 42.3 Å². The van der Waals surface area contributed by atoms with Gasteiger partial charge in [-0.25, -0.2) is 8.42 Å². The van der Waals surface area contributed by atoms with Crippen molar-refractivity contribution in [1.29, 1.82) is 0 Å². The number of nitrogens with zero attached hydrogens (tertiary/aromatic N) is 2. The zero-order valence-corrected chi connectivity index (χ0v) is 17.3. The molecule has 2 rings (SSSR count). The highest BCUT2D eigenvalue weighted by molar-refractivity contribution is 7.89. The molecule has 0 atom stereocenters. The standard InChI is InChI=1S/C21H27N3O3S/c1-5-15-24(19-9-7-6-8-10-19)21(25)16-22-18-11-13-20(14-12-18)28(26,27)23(4)17(2)3/h5-14,17,22H,1,15-16H2,2-4H3. The van der Waals surface area contributed by atoms with Crippen molar-refractivity contribution in [3.8, 4) is 0 Å². The molecule has 0 aliphatic heterocycles. The lowest BCUT2D eigenvalue weighted by atomic mass is 10.2. The summed E-state index contributed by atoms with van der Waals surface area (Å²) >= 11 is 0. The molecular formula is C21H27N3O3S. The van der Waals surface area contributed by atoms with E-state index in [4.69, 9.17) is 0 Å². The van der Waals surface area contributed by atoms with Crippen LogP contribution in [0.5, 0.6) is 0 Å². The lowest BCUT2D eigenvalue weighted by Crippen LogP contribution is -2.35. The van der Waals surface area contributed by atoms with Crippen molar-refractivity contribution in [3.63, 3.8) is 0 Å². The van der Waals surface area contributed by atoms with Gasteiger partial charge in [0.15, 0.2) is 0 Å². The van der Waals surface area contributed by atoms with Crippen molar-refractivity contribution in [1.82, 2.24) is 4.31 Å². The van der Waals surface area contributed by atoms with Crippen LogP contribution in [0.25, 0.3) is 0 Å². The maximum Gasteiger partial charge on any atom is 0.246 e. The highest BCUT2D eigenvalue weighted by Gasteiger charge is 2.22. The summed E-state index contributed by atoms with van der Waals surface area (Å²) in [5, 5.41) is 3.05. The molecule has 0 bridgehead atoms. The van der Waals surface area contributed by atoms with Gasteiger partial charge in [0.1, 0.15) is 0 Å². The minimum Gasteiger partial charge on any atom is -0.376 e. The number of amides is 1. The molecule has 28 heavy (non-hydrogen) atoms. The second-order valence-electron chi connectivity index (χ2n) is 6.62. The van der Waals surface area contributed by atoms with Gasteiger partial charge >= 0.3 is 0 Å². The SMILES string of the molecule is C=CCN(C(=O)CNc1ccc(S(=O)(=O)N(C)C(C)C)cc1)c1ccccc1. The van der Waals surface area contributed by atoms with Crippen LogP contribution in [-0.2, 0) is 14.8 Å². The summed E-state index contributed by atoms with van der Waals surface area (Å²) in [6.07, 6.45) is 1.68. The summed E-state index contributed by atoms with van der Waals surface area (Å²) in [4.78, 5) is 14.5. The maximum atomic E-state index is 12.6. The molecule has 1 amide bonds. The van der Waals surface area contributed by atoms with E-state index in [1.807, 2.05) is 44.2 Å². The van der Waals surface area contributed by atoms with E-state index in [0.29, 0.717) is 12.2 Å². The van der Waals surface area contributed by atoms with Gasteiger partial charge in [0.25, 0.3) is 0 Å². The first-order valence-electron chi connectivity index (χ1n) is 9.05. The molecule has 0 aliphatic carbocycles. The zero-order valence-electron chi connectivity index (χ0n) is 16.5. The smallest absolute Gasteiger partial charge is 0.246 e. The van der Waals surface area contributed by atoms with E-state index < -0.39 is 10.0 Å². The van der Waals surface area contributed by atoms with Gasteiger partial charge in [-0.15, -0.1) is 6.58 Å². The topological polar surface area (TPSA) is 69.7 Å². The minimum absolute atomic E-state index is 0.0841. The first kappa shape index (κ1) is 21.7. The quantitative estimate of drug-likeness (QED) is 0.654. The van der Waals surface area contributed by atoms with Crippen LogP contribution < -0.4 is 10.2 Å². The number of anilines is 2. The average molecular weight is 402 g/mol. The monoisotopic (exact) mass is 401 g/mol. The van der Waals surface area contributed by atoms with Crippen molar-refractivity contribution >= 4 is 27.3 Å². The van der Waals surface area contributed by atoms with Crippen molar-refractivity contribution in [2.45, 2.75) is 24.8 Å². The Bertz CT molecular complexity index is 894. The van der Waals surface area contributed by atoms with Gasteiger partial charge in [-0.1, -0.05) is 24.3 Å². The fourth-order valence-corrected chi connectivity index (χ4v) is 3.92. The Labute approximate surface area is 167 Å². The largest absolute Gasteiger partial charge is 0.376 e. The van der Waals surface area contributed by atoms with Gasteiger partial charge in [0.2, 0.25) is 15.9 Å². The van der Waals surface area contributed by atoms with E-state index in [2.05, 4.69) is 11.9 Å². The van der Waals surface area contributed by atoms with Gasteiger partial charge in [-0.3, -0.25) is 4.79 Å². The van der Waals surface area contributed by atoms with Gasteiger partial charge in [0, 0.05) is 31.0 Å². The van der Waals surface area contributed by atoms with E-state index in [1.165, 1.54) is 4.31 Å². The van der Waals surface area contributed by atoms with E-state index in [-0.39, 0.29) is 23.4 Å². The van der Waals surface area contributed by atoms with Crippen LogP contribution in [0, 0.1) is 0 Å². The molecule has 0 aliphatic rings. The third kappa shape index (κ3) is 5.21. The van der Waals surface area contributed by atoms with E-state index in [9.17, 15) is 13.2 Å². The third-order valence-electron chi connectivity index (χ3n) is 4.38. The summed E-state index contributed by atoms with van der Waals surface area (Å²) < 4.78 is 26.3. The van der Waals surface area contributed by atoms with Gasteiger partial charge in [-0.05, 0) is 50.2 Å². The predicted molar refractivity (Wildman–Crippen MR) is 114 cm³/mol. The molecule has 0 fully saturated rings. The van der Waals surface area contributed by atoms with Gasteiger partial charge in [0.05, 0.1) is 11.4 Å². The fraction of sp³-hybridized carbons (Fsp3) is 0.286. The van der Waals surface area contributed by atoms with Crippen molar-refractivity contribution in [2.24, 2.45) is 0 Å². The molecule has 1 N–H and O–H groups in total. The molecule has 0 saturated heterocycles. The molecule has 6 nitrogen and oxygen atoms in total. The number of rotatable bonds is 9. The number of nitrogens with one attached hydrogen (secondary N) is 1. The van der Waals surface area contributed by atoms with Crippen molar-refractivity contribution in [3.05, 3.63) is 67.3 Å². The first-order chi connectivity index (χ1) is 13.3. The average Bonchev–Trinajstić information content (AvgIpc) is 2.70. The number of benzene rings is 2. The third-order valence-corrected chi connectivity index (χ3v) is 6.43. The second-order valence-corrected chi connectivity index (χ2v) is 8.62. The van der Waals surface area contributed by atoms with Crippen LogP contribution in [0.2, 0.25) is 0 Å². The zero-order chi connectivity index (χ0) is 20.7. The Morgan fingerprint density at radius 3 is 2.25 bits per heavy atom. The normalized spacial score (nSPS) is 11.5. The highest BCUT2D eigenvalue weighted by atomic mass is 32.2. The molecule has 0 unspecified atom stereocenters. The lowest BCUT2D eigenvalue weighted by molar-refractivity contribution is -0.116. The predicted octanol–water partition coefficient (Wildman–Crippen LogP) is 3.35. The summed E-state index contributed by atoms with van der Waals surface area (Å²) in [7, 11) is -1.97. The Morgan fingerprint density at radius 2 is 1.71 bits per heavy atom. The van der Waals surface area contributed by atoms with Crippen LogP contribution in [0.3, 0.4) is 0 Å². The maximum absolute atomic E-state index is 12.6. The van der Waals surface area contributed by atoms with Crippen LogP contribution in [0.1, 0.15) is 13.8 Å². The van der Waals surface area contributed by atoms with Gasteiger partial charge in [-0.2, -0.15) is 4.31 Å². The molecule has 0 radical (unpaired) electrons. The molecule has 0 saturated carbocycles. The van der Waals surface area contributed by atoms with Crippen LogP contribution in [0.4, 0.5) is 11.4 Å². The lowest BCUT2D eigenvalue weighted by Gasteiger charge is -2.22. The van der Waals surface area contributed by atoms with Crippen LogP contribution in [0.15, 0.2) is 72.1 Å². The summed E-state index contributed by atoms with van der Waals surface area (Å²) in [6.45, 7) is 7.84. The number of hydrogen-bond donors (Lipinski definition) is 1. The second kappa shape index (κ2) is 9.52. The van der Waals surface area contributed by atoms with Gasteiger partial charge < -0.3 is 10.2 Å².